The molecule has 3 nitrogen and oxygen atoms in total. The second kappa shape index (κ2) is 7.68. The molecule has 0 aliphatic rings. The summed E-state index contributed by atoms with van der Waals surface area (Å²) < 4.78 is 5.68. The molecule has 0 amide bonds. The number of rotatable bonds is 7. The van der Waals surface area contributed by atoms with Crippen molar-refractivity contribution < 1.29 is 9.84 Å². The second-order valence-electron chi connectivity index (χ2n) is 4.70. The van der Waals surface area contributed by atoms with Gasteiger partial charge < -0.3 is 15.2 Å². The Bertz CT molecular complexity index is 492. The number of benzene rings is 2. The van der Waals surface area contributed by atoms with Gasteiger partial charge in [0.15, 0.2) is 0 Å². The van der Waals surface area contributed by atoms with Crippen molar-refractivity contribution in [1.29, 1.82) is 0 Å². The minimum Gasteiger partial charge on any atom is -0.494 e. The summed E-state index contributed by atoms with van der Waals surface area (Å²) in [4.78, 5) is 0. The molecule has 2 rings (SSSR count). The van der Waals surface area contributed by atoms with Crippen LogP contribution in [-0.4, -0.2) is 31.4 Å². The third kappa shape index (κ3) is 4.08. The summed E-state index contributed by atoms with van der Waals surface area (Å²) in [6.45, 7) is 0.726. The van der Waals surface area contributed by atoms with Crippen molar-refractivity contribution in [3.8, 4) is 16.9 Å². The van der Waals surface area contributed by atoms with Gasteiger partial charge in [-0.2, -0.15) is 0 Å². The van der Waals surface area contributed by atoms with E-state index >= 15 is 0 Å². The van der Waals surface area contributed by atoms with Crippen LogP contribution in [0.4, 0.5) is 0 Å². The lowest BCUT2D eigenvalue weighted by Crippen LogP contribution is -2.30. The zero-order valence-electron chi connectivity index (χ0n) is 11.8. The first-order chi connectivity index (χ1) is 9.83. The Morgan fingerprint density at radius 3 is 2.25 bits per heavy atom. The maximum absolute atomic E-state index is 9.07. The maximum atomic E-state index is 9.07. The molecule has 2 aromatic carbocycles. The van der Waals surface area contributed by atoms with Crippen LogP contribution in [0.5, 0.6) is 5.75 Å². The van der Waals surface area contributed by atoms with E-state index in [0.717, 1.165) is 12.2 Å². The van der Waals surface area contributed by atoms with E-state index in [9.17, 15) is 0 Å². The van der Waals surface area contributed by atoms with E-state index in [4.69, 9.17) is 9.84 Å². The van der Waals surface area contributed by atoms with E-state index in [1.165, 1.54) is 11.1 Å². The van der Waals surface area contributed by atoms with E-state index < -0.39 is 0 Å². The topological polar surface area (TPSA) is 41.5 Å². The minimum atomic E-state index is 0.0959. The van der Waals surface area contributed by atoms with E-state index in [1.54, 1.807) is 0 Å². The largest absolute Gasteiger partial charge is 0.494 e. The van der Waals surface area contributed by atoms with Crippen molar-refractivity contribution in [2.75, 3.05) is 20.3 Å². The van der Waals surface area contributed by atoms with Crippen LogP contribution in [0, 0.1) is 0 Å². The average Bonchev–Trinajstić information content (AvgIpc) is 2.53. The van der Waals surface area contributed by atoms with Crippen LogP contribution in [0.15, 0.2) is 54.6 Å². The molecule has 0 radical (unpaired) electrons. The Morgan fingerprint density at radius 1 is 1.00 bits per heavy atom. The minimum absolute atomic E-state index is 0.0959. The first-order valence-corrected chi connectivity index (χ1v) is 6.90. The highest BCUT2D eigenvalue weighted by Gasteiger charge is 2.04. The molecule has 0 saturated heterocycles. The van der Waals surface area contributed by atoms with Crippen LogP contribution in [0.2, 0.25) is 0 Å². The average molecular weight is 271 g/mol. The summed E-state index contributed by atoms with van der Waals surface area (Å²) in [6, 6.07) is 18.4. The quantitative estimate of drug-likeness (QED) is 0.813. The van der Waals surface area contributed by atoms with Gasteiger partial charge in [-0.1, -0.05) is 42.5 Å². The molecule has 1 atom stereocenters. The lowest BCUT2D eigenvalue weighted by molar-refractivity contribution is 0.214. The van der Waals surface area contributed by atoms with Crippen molar-refractivity contribution in [2.24, 2.45) is 0 Å². The molecule has 0 spiro atoms. The molecule has 1 unspecified atom stereocenters. The second-order valence-corrected chi connectivity index (χ2v) is 4.70. The third-order valence-corrected chi connectivity index (χ3v) is 3.33. The van der Waals surface area contributed by atoms with Gasteiger partial charge in [-0.25, -0.2) is 0 Å². The Hall–Kier alpha value is -1.84. The molecule has 0 saturated carbocycles. The van der Waals surface area contributed by atoms with Crippen molar-refractivity contribution >= 4 is 0 Å². The van der Waals surface area contributed by atoms with Gasteiger partial charge in [-0.3, -0.25) is 0 Å². The fraction of sp³-hybridized carbons (Fsp3) is 0.294. The fourth-order valence-electron chi connectivity index (χ4n) is 2.02. The van der Waals surface area contributed by atoms with Gasteiger partial charge >= 0.3 is 0 Å². The van der Waals surface area contributed by atoms with Gasteiger partial charge in [0.1, 0.15) is 5.75 Å². The molecule has 0 aliphatic carbocycles. The number of ether oxygens (including phenoxy) is 1. The smallest absolute Gasteiger partial charge is 0.119 e. The van der Waals surface area contributed by atoms with Crippen molar-refractivity contribution in [1.82, 2.24) is 5.32 Å². The fourth-order valence-corrected chi connectivity index (χ4v) is 2.02. The van der Waals surface area contributed by atoms with Crippen LogP contribution < -0.4 is 10.1 Å². The summed E-state index contributed by atoms with van der Waals surface area (Å²) in [7, 11) is 1.84. The highest BCUT2D eigenvalue weighted by atomic mass is 16.5. The Balaban J connectivity index is 1.89. The SMILES string of the molecule is CNC(CO)CCOc1ccc(-c2ccccc2)cc1. The van der Waals surface area contributed by atoms with E-state index in [2.05, 4.69) is 29.6 Å². The van der Waals surface area contributed by atoms with Gasteiger partial charge in [0.25, 0.3) is 0 Å². The number of likely N-dealkylation sites (N-methyl/N-ethyl adjacent to an activating group) is 1. The van der Waals surface area contributed by atoms with Crippen LogP contribution in [0.25, 0.3) is 11.1 Å². The van der Waals surface area contributed by atoms with Gasteiger partial charge in [-0.15, -0.1) is 0 Å². The third-order valence-electron chi connectivity index (χ3n) is 3.33. The van der Waals surface area contributed by atoms with Crippen molar-refractivity contribution in [2.45, 2.75) is 12.5 Å². The lowest BCUT2D eigenvalue weighted by atomic mass is 10.1. The van der Waals surface area contributed by atoms with Crippen LogP contribution in [0.1, 0.15) is 6.42 Å². The van der Waals surface area contributed by atoms with Crippen LogP contribution in [-0.2, 0) is 0 Å². The molecule has 0 heterocycles. The van der Waals surface area contributed by atoms with Gasteiger partial charge in [0.05, 0.1) is 13.2 Å². The number of aliphatic hydroxyl groups excluding tert-OH is 1. The molecule has 2 aromatic rings. The number of nitrogens with one attached hydrogen (secondary N) is 1. The summed E-state index contributed by atoms with van der Waals surface area (Å²) in [5, 5.41) is 12.1. The molecule has 3 heteroatoms. The number of hydrogen-bond acceptors (Lipinski definition) is 3. The molecule has 2 N–H and O–H groups in total. The van der Waals surface area contributed by atoms with Crippen LogP contribution in [0.3, 0.4) is 0 Å². The standard InChI is InChI=1S/C17H21NO2/c1-18-16(13-19)11-12-20-17-9-7-15(8-10-17)14-5-3-2-4-6-14/h2-10,16,18-19H,11-13H2,1H3. The van der Waals surface area contributed by atoms with E-state index in [-0.39, 0.29) is 12.6 Å². The first kappa shape index (κ1) is 14.6. The molecule has 106 valence electrons. The normalized spacial score (nSPS) is 12.1. The van der Waals surface area contributed by atoms with Gasteiger partial charge in [-0.05, 0) is 36.7 Å². The zero-order chi connectivity index (χ0) is 14.2. The van der Waals surface area contributed by atoms with E-state index in [1.807, 2.05) is 37.4 Å². The summed E-state index contributed by atoms with van der Waals surface area (Å²) in [5.41, 5.74) is 2.39. The van der Waals surface area contributed by atoms with E-state index in [0.29, 0.717) is 6.61 Å². The molecular formula is C17H21NO2. The highest BCUT2D eigenvalue weighted by molar-refractivity contribution is 5.63. The molecule has 0 bridgehead atoms. The Morgan fingerprint density at radius 2 is 1.65 bits per heavy atom. The van der Waals surface area contributed by atoms with Crippen LogP contribution >= 0.6 is 0 Å². The molecule has 0 fully saturated rings. The molecule has 0 aliphatic heterocycles. The molecule has 20 heavy (non-hydrogen) atoms. The summed E-state index contributed by atoms with van der Waals surface area (Å²) >= 11 is 0. The zero-order valence-corrected chi connectivity index (χ0v) is 11.8. The lowest BCUT2D eigenvalue weighted by Gasteiger charge is -2.13. The highest BCUT2D eigenvalue weighted by Crippen LogP contribution is 2.22. The summed E-state index contributed by atoms with van der Waals surface area (Å²) in [5.74, 6) is 0.859. The Kier molecular flexibility index (Phi) is 5.59. The summed E-state index contributed by atoms with van der Waals surface area (Å²) in [6.07, 6.45) is 0.785. The maximum Gasteiger partial charge on any atom is 0.119 e. The molecular weight excluding hydrogens is 250 g/mol. The predicted octanol–water partition coefficient (Wildman–Crippen LogP) is 2.70. The van der Waals surface area contributed by atoms with Crippen molar-refractivity contribution in [3.63, 3.8) is 0 Å². The Labute approximate surface area is 120 Å². The molecule has 0 aromatic heterocycles. The first-order valence-electron chi connectivity index (χ1n) is 6.90. The van der Waals surface area contributed by atoms with Gasteiger partial charge in [0, 0.05) is 6.04 Å². The van der Waals surface area contributed by atoms with Gasteiger partial charge in [0.2, 0.25) is 0 Å². The van der Waals surface area contributed by atoms with Crippen molar-refractivity contribution in [3.05, 3.63) is 54.6 Å². The number of hydrogen-bond donors (Lipinski definition) is 2. The number of aliphatic hydroxyl groups is 1. The predicted molar refractivity (Wildman–Crippen MR) is 81.9 cm³/mol. The monoisotopic (exact) mass is 271 g/mol.